The maximum absolute atomic E-state index is 13.4. The van der Waals surface area contributed by atoms with Crippen LogP contribution >= 0.6 is 11.3 Å². The number of nitrogens with zero attached hydrogens (tertiary/aromatic N) is 1. The number of aromatic nitrogens is 1. The highest BCUT2D eigenvalue weighted by Crippen LogP contribution is 2.32. The Morgan fingerprint density at radius 2 is 2.30 bits per heavy atom. The minimum Gasteiger partial charge on any atom is -0.303 e. The molecular formula is C13H13FN2O2S2. The van der Waals surface area contributed by atoms with E-state index in [1.165, 1.54) is 29.5 Å². The van der Waals surface area contributed by atoms with Gasteiger partial charge in [-0.2, -0.15) is 0 Å². The van der Waals surface area contributed by atoms with Crippen molar-refractivity contribution in [2.24, 2.45) is 0 Å². The van der Waals surface area contributed by atoms with E-state index in [1.807, 2.05) is 5.38 Å². The van der Waals surface area contributed by atoms with Gasteiger partial charge in [-0.05, 0) is 30.2 Å². The summed E-state index contributed by atoms with van der Waals surface area (Å²) in [7, 11) is -3.28. The van der Waals surface area contributed by atoms with Gasteiger partial charge in [0.2, 0.25) is 0 Å². The predicted molar refractivity (Wildman–Crippen MR) is 74.8 cm³/mol. The molecule has 1 unspecified atom stereocenters. The molecule has 2 heterocycles. The van der Waals surface area contributed by atoms with Crippen LogP contribution in [0, 0.1) is 5.82 Å². The molecule has 3 rings (SSSR count). The summed E-state index contributed by atoms with van der Waals surface area (Å²) in [5, 5.41) is 6.07. The van der Waals surface area contributed by atoms with Crippen LogP contribution in [0.15, 0.2) is 34.7 Å². The van der Waals surface area contributed by atoms with Gasteiger partial charge in [-0.15, -0.1) is 11.3 Å². The number of thiazole rings is 1. The van der Waals surface area contributed by atoms with E-state index in [1.54, 1.807) is 6.20 Å². The number of nitrogens with one attached hydrogen (secondary N) is 1. The average molecular weight is 312 g/mol. The lowest BCUT2D eigenvalue weighted by Gasteiger charge is -2.26. The van der Waals surface area contributed by atoms with Crippen LogP contribution in [-0.4, -0.2) is 19.2 Å². The number of hydrogen-bond acceptors (Lipinski definition) is 5. The fraction of sp³-hybridized carbons (Fsp3) is 0.308. The minimum atomic E-state index is -3.28. The number of benzene rings is 1. The van der Waals surface area contributed by atoms with Crippen LogP contribution in [0.25, 0.3) is 0 Å². The summed E-state index contributed by atoms with van der Waals surface area (Å²) < 4.78 is 37.4. The van der Waals surface area contributed by atoms with E-state index in [2.05, 4.69) is 10.3 Å². The normalized spacial score (nSPS) is 20.6. The van der Waals surface area contributed by atoms with Gasteiger partial charge >= 0.3 is 0 Å². The number of fused-ring (bicyclic) bond motifs is 1. The van der Waals surface area contributed by atoms with Gasteiger partial charge in [0.15, 0.2) is 9.84 Å². The summed E-state index contributed by atoms with van der Waals surface area (Å²) in [5.41, 5.74) is 0.521. The van der Waals surface area contributed by atoms with Crippen LogP contribution in [0.2, 0.25) is 0 Å². The maximum atomic E-state index is 13.4. The van der Waals surface area contributed by atoms with Gasteiger partial charge in [0.1, 0.15) is 10.8 Å². The van der Waals surface area contributed by atoms with E-state index >= 15 is 0 Å². The average Bonchev–Trinajstić information content (AvgIpc) is 2.90. The standard InChI is InChI=1S/C13H13FN2O2S2/c14-9-1-2-12-10(7-9)11(3-6-20(12,17)18)16-8-13-15-4-5-19-13/h1-2,4-5,7,11,16H,3,6,8H2. The van der Waals surface area contributed by atoms with Gasteiger partial charge in [-0.3, -0.25) is 0 Å². The quantitative estimate of drug-likeness (QED) is 0.884. The van der Waals surface area contributed by atoms with E-state index in [0.717, 1.165) is 5.01 Å². The van der Waals surface area contributed by atoms with Crippen molar-refractivity contribution in [3.63, 3.8) is 0 Å². The molecule has 0 bridgehead atoms. The largest absolute Gasteiger partial charge is 0.303 e. The fourth-order valence-electron chi connectivity index (χ4n) is 2.38. The maximum Gasteiger partial charge on any atom is 0.178 e. The third kappa shape index (κ3) is 2.61. The predicted octanol–water partition coefficient (Wildman–Crippen LogP) is 2.29. The van der Waals surface area contributed by atoms with Crippen molar-refractivity contribution in [3.8, 4) is 0 Å². The van der Waals surface area contributed by atoms with Gasteiger partial charge in [-0.1, -0.05) is 0 Å². The molecule has 106 valence electrons. The Balaban J connectivity index is 1.89. The van der Waals surface area contributed by atoms with Crippen molar-refractivity contribution in [1.82, 2.24) is 10.3 Å². The SMILES string of the molecule is O=S1(=O)CCC(NCc2nccs2)c2cc(F)ccc21. The smallest absolute Gasteiger partial charge is 0.178 e. The number of rotatable bonds is 3. The first-order chi connectivity index (χ1) is 9.56. The molecule has 20 heavy (non-hydrogen) atoms. The molecule has 1 aromatic heterocycles. The van der Waals surface area contributed by atoms with Gasteiger partial charge in [0.05, 0.1) is 10.6 Å². The molecule has 1 atom stereocenters. The first kappa shape index (κ1) is 13.7. The van der Waals surface area contributed by atoms with Crippen LogP contribution in [0.4, 0.5) is 4.39 Å². The Kier molecular flexibility index (Phi) is 3.57. The molecule has 1 aliphatic heterocycles. The Labute approximate surface area is 120 Å². The highest BCUT2D eigenvalue weighted by molar-refractivity contribution is 7.91. The lowest BCUT2D eigenvalue weighted by atomic mass is 10.0. The number of sulfone groups is 1. The third-order valence-corrected chi connectivity index (χ3v) is 5.94. The summed E-state index contributed by atoms with van der Waals surface area (Å²) in [6.45, 7) is 0.554. The molecule has 0 amide bonds. The van der Waals surface area contributed by atoms with Gasteiger partial charge < -0.3 is 5.32 Å². The molecule has 0 spiro atoms. The molecule has 0 radical (unpaired) electrons. The van der Waals surface area contributed by atoms with Crippen LogP contribution in [0.1, 0.15) is 23.0 Å². The van der Waals surface area contributed by atoms with Gasteiger partial charge in [0.25, 0.3) is 0 Å². The topological polar surface area (TPSA) is 59.1 Å². The van der Waals surface area contributed by atoms with Crippen LogP contribution in [-0.2, 0) is 16.4 Å². The second-order valence-electron chi connectivity index (χ2n) is 4.65. The molecule has 0 fully saturated rings. The van der Waals surface area contributed by atoms with E-state index < -0.39 is 15.7 Å². The van der Waals surface area contributed by atoms with Crippen molar-refractivity contribution in [2.75, 3.05) is 5.75 Å². The molecule has 4 nitrogen and oxygen atoms in total. The second-order valence-corrected chi connectivity index (χ2v) is 7.71. The Morgan fingerprint density at radius 1 is 1.45 bits per heavy atom. The van der Waals surface area contributed by atoms with Gasteiger partial charge in [0, 0.05) is 24.2 Å². The second kappa shape index (κ2) is 5.23. The summed E-state index contributed by atoms with van der Waals surface area (Å²) in [6, 6.07) is 3.70. The van der Waals surface area contributed by atoms with Crippen molar-refractivity contribution < 1.29 is 12.8 Å². The highest BCUT2D eigenvalue weighted by atomic mass is 32.2. The monoisotopic (exact) mass is 312 g/mol. The van der Waals surface area contributed by atoms with Gasteiger partial charge in [-0.25, -0.2) is 17.8 Å². The van der Waals surface area contributed by atoms with Crippen molar-refractivity contribution >= 4 is 21.2 Å². The highest BCUT2D eigenvalue weighted by Gasteiger charge is 2.30. The number of hydrogen-bond donors (Lipinski definition) is 1. The molecule has 0 aliphatic carbocycles. The Bertz CT molecular complexity index is 714. The van der Waals surface area contributed by atoms with Crippen LogP contribution < -0.4 is 5.32 Å². The fourth-order valence-corrected chi connectivity index (χ4v) is 4.54. The van der Waals surface area contributed by atoms with E-state index in [9.17, 15) is 12.8 Å². The van der Waals surface area contributed by atoms with Crippen molar-refractivity contribution in [2.45, 2.75) is 23.9 Å². The van der Waals surface area contributed by atoms with Crippen molar-refractivity contribution in [3.05, 3.63) is 46.2 Å². The molecular weight excluding hydrogens is 299 g/mol. The minimum absolute atomic E-state index is 0.0845. The van der Waals surface area contributed by atoms with E-state index in [0.29, 0.717) is 18.5 Å². The zero-order valence-electron chi connectivity index (χ0n) is 10.5. The summed E-state index contributed by atoms with van der Waals surface area (Å²) in [5.74, 6) is -0.330. The molecule has 1 aliphatic rings. The zero-order chi connectivity index (χ0) is 14.2. The first-order valence-corrected chi connectivity index (χ1v) is 8.73. The van der Waals surface area contributed by atoms with Crippen LogP contribution in [0.5, 0.6) is 0 Å². The third-order valence-electron chi connectivity index (χ3n) is 3.34. The molecule has 0 saturated heterocycles. The van der Waals surface area contributed by atoms with E-state index in [4.69, 9.17) is 0 Å². The molecule has 7 heteroatoms. The molecule has 2 aromatic rings. The van der Waals surface area contributed by atoms with Crippen molar-refractivity contribution in [1.29, 1.82) is 0 Å². The lowest BCUT2D eigenvalue weighted by Crippen LogP contribution is -2.29. The molecule has 1 aromatic carbocycles. The van der Waals surface area contributed by atoms with E-state index in [-0.39, 0.29) is 16.7 Å². The van der Waals surface area contributed by atoms with Crippen LogP contribution in [0.3, 0.4) is 0 Å². The summed E-state index contributed by atoms with van der Waals surface area (Å²) >= 11 is 1.53. The molecule has 0 saturated carbocycles. The zero-order valence-corrected chi connectivity index (χ0v) is 12.2. The molecule has 1 N–H and O–H groups in total. The summed E-state index contributed by atoms with van der Waals surface area (Å²) in [4.78, 5) is 4.40. The summed E-state index contributed by atoms with van der Waals surface area (Å²) in [6.07, 6.45) is 2.17. The lowest BCUT2D eigenvalue weighted by molar-refractivity contribution is 0.486. The Hall–Kier alpha value is -1.31. The first-order valence-electron chi connectivity index (χ1n) is 6.20. The number of halogens is 1. The Morgan fingerprint density at radius 3 is 3.05 bits per heavy atom.